The first-order valence-electron chi connectivity index (χ1n) is 7.59. The Balaban J connectivity index is 1.79. The summed E-state index contributed by atoms with van der Waals surface area (Å²) in [7, 11) is 0. The number of aryl methyl sites for hydroxylation is 1. The van der Waals surface area contributed by atoms with Crippen LogP contribution in [-0.2, 0) is 12.8 Å². The van der Waals surface area contributed by atoms with Gasteiger partial charge in [-0.3, -0.25) is 0 Å². The summed E-state index contributed by atoms with van der Waals surface area (Å²) < 4.78 is 20.9. The normalized spacial score (nSPS) is 17.4. The van der Waals surface area contributed by atoms with Crippen LogP contribution in [0.15, 0.2) is 36.4 Å². The second kappa shape index (κ2) is 5.06. The zero-order valence-electron chi connectivity index (χ0n) is 11.9. The lowest BCUT2D eigenvalue weighted by molar-refractivity contribution is 0.276. The summed E-state index contributed by atoms with van der Waals surface area (Å²) in [5.41, 5.74) is 4.70. The predicted molar refractivity (Wildman–Crippen MR) is 81.8 cm³/mol. The molecule has 2 aliphatic heterocycles. The van der Waals surface area contributed by atoms with Gasteiger partial charge in [0.15, 0.2) is 6.17 Å². The minimum absolute atomic E-state index is 0.661. The van der Waals surface area contributed by atoms with Gasteiger partial charge in [-0.05, 0) is 30.4 Å². The number of benzene rings is 2. The van der Waals surface area contributed by atoms with Crippen LogP contribution in [0.3, 0.4) is 0 Å². The average Bonchev–Trinajstić information content (AvgIpc) is 3.02. The Hall–Kier alpha value is -2.03. The summed E-state index contributed by atoms with van der Waals surface area (Å²) in [5, 5.41) is 3.32. The fourth-order valence-corrected chi connectivity index (χ4v) is 3.36. The highest BCUT2D eigenvalue weighted by Crippen LogP contribution is 2.41. The first kappa shape index (κ1) is 12.7. The van der Waals surface area contributed by atoms with E-state index in [4.69, 9.17) is 4.74 Å². The Labute approximate surface area is 123 Å². The van der Waals surface area contributed by atoms with Crippen LogP contribution in [-0.4, -0.2) is 13.2 Å². The van der Waals surface area contributed by atoms with E-state index in [2.05, 4.69) is 11.4 Å². The Kier molecular flexibility index (Phi) is 3.06. The van der Waals surface area contributed by atoms with Crippen molar-refractivity contribution in [1.29, 1.82) is 0 Å². The number of fused-ring (bicyclic) bond motifs is 2. The van der Waals surface area contributed by atoms with E-state index in [0.29, 0.717) is 12.2 Å². The van der Waals surface area contributed by atoms with E-state index in [1.165, 1.54) is 5.56 Å². The lowest BCUT2D eigenvalue weighted by Crippen LogP contribution is -2.12. The third-order valence-corrected chi connectivity index (χ3v) is 4.39. The quantitative estimate of drug-likeness (QED) is 0.898. The summed E-state index contributed by atoms with van der Waals surface area (Å²) in [6, 6.07) is 11.7. The molecule has 1 N–H and O–H groups in total. The van der Waals surface area contributed by atoms with Crippen LogP contribution in [0.5, 0.6) is 5.75 Å². The standard InChI is InChI=1S/C18H18FNO/c19-16(14-7-1-4-12-9-10-20-17(12)14)15-8-2-5-13-6-3-11-21-18(13)15/h1-2,4-5,7-8,16,20H,3,6,9-11H2. The molecule has 0 spiro atoms. The molecule has 1 atom stereocenters. The van der Waals surface area contributed by atoms with Crippen LogP contribution in [0, 0.1) is 0 Å². The first-order valence-corrected chi connectivity index (χ1v) is 7.59. The molecule has 1 unspecified atom stereocenters. The number of halogens is 1. The van der Waals surface area contributed by atoms with Crippen molar-refractivity contribution < 1.29 is 9.13 Å². The van der Waals surface area contributed by atoms with Crippen molar-refractivity contribution in [2.75, 3.05) is 18.5 Å². The van der Waals surface area contributed by atoms with Crippen molar-refractivity contribution in [3.63, 3.8) is 0 Å². The largest absolute Gasteiger partial charge is 0.493 e. The van der Waals surface area contributed by atoms with Crippen molar-refractivity contribution in [3.05, 3.63) is 58.7 Å². The van der Waals surface area contributed by atoms with Gasteiger partial charge < -0.3 is 10.1 Å². The van der Waals surface area contributed by atoms with Gasteiger partial charge in [0.2, 0.25) is 0 Å². The molecule has 2 heterocycles. The van der Waals surface area contributed by atoms with Gasteiger partial charge in [-0.25, -0.2) is 4.39 Å². The van der Waals surface area contributed by atoms with Gasteiger partial charge in [-0.15, -0.1) is 0 Å². The third kappa shape index (κ3) is 2.08. The number of alkyl halides is 1. The fraction of sp³-hybridized carbons (Fsp3) is 0.333. The fourth-order valence-electron chi connectivity index (χ4n) is 3.36. The molecule has 2 aliphatic rings. The highest BCUT2D eigenvalue weighted by molar-refractivity contribution is 5.64. The van der Waals surface area contributed by atoms with Gasteiger partial charge in [0.1, 0.15) is 5.75 Å². The zero-order valence-corrected chi connectivity index (χ0v) is 11.9. The van der Waals surface area contributed by atoms with Gasteiger partial charge >= 0.3 is 0 Å². The molecule has 108 valence electrons. The van der Waals surface area contributed by atoms with Crippen LogP contribution >= 0.6 is 0 Å². The molecule has 0 saturated heterocycles. The monoisotopic (exact) mass is 283 g/mol. The number of para-hydroxylation sites is 2. The highest BCUT2D eigenvalue weighted by Gasteiger charge is 2.26. The van der Waals surface area contributed by atoms with E-state index in [-0.39, 0.29) is 0 Å². The predicted octanol–water partition coefficient (Wildman–Crippen LogP) is 4.04. The molecule has 21 heavy (non-hydrogen) atoms. The second-order valence-electron chi connectivity index (χ2n) is 5.71. The molecular weight excluding hydrogens is 265 g/mol. The molecule has 0 saturated carbocycles. The topological polar surface area (TPSA) is 21.3 Å². The summed E-state index contributed by atoms with van der Waals surface area (Å²) >= 11 is 0. The molecule has 3 heteroatoms. The lowest BCUT2D eigenvalue weighted by Gasteiger charge is -2.23. The van der Waals surface area contributed by atoms with Gasteiger partial charge in [0, 0.05) is 23.4 Å². The number of anilines is 1. The molecule has 0 fully saturated rings. The van der Waals surface area contributed by atoms with Crippen LogP contribution in [0.1, 0.15) is 34.8 Å². The molecule has 4 rings (SSSR count). The van der Waals surface area contributed by atoms with Gasteiger partial charge in [0.25, 0.3) is 0 Å². The van der Waals surface area contributed by atoms with Crippen LogP contribution < -0.4 is 10.1 Å². The van der Waals surface area contributed by atoms with E-state index in [0.717, 1.165) is 48.4 Å². The van der Waals surface area contributed by atoms with E-state index in [9.17, 15) is 0 Å². The maximum absolute atomic E-state index is 15.2. The van der Waals surface area contributed by atoms with Gasteiger partial charge in [-0.2, -0.15) is 0 Å². The van der Waals surface area contributed by atoms with Crippen molar-refractivity contribution in [3.8, 4) is 5.75 Å². The number of ether oxygens (including phenoxy) is 1. The van der Waals surface area contributed by atoms with Gasteiger partial charge in [0.05, 0.1) is 6.61 Å². The summed E-state index contributed by atoms with van der Waals surface area (Å²) in [6.45, 7) is 1.57. The van der Waals surface area contributed by atoms with Crippen LogP contribution in [0.25, 0.3) is 0 Å². The summed E-state index contributed by atoms with van der Waals surface area (Å²) in [5.74, 6) is 0.756. The van der Waals surface area contributed by atoms with Crippen molar-refractivity contribution >= 4 is 5.69 Å². The molecule has 2 aromatic rings. The number of hydrogen-bond donors (Lipinski definition) is 1. The molecule has 0 amide bonds. The van der Waals surface area contributed by atoms with E-state index >= 15 is 4.39 Å². The first-order chi connectivity index (χ1) is 10.3. The van der Waals surface area contributed by atoms with E-state index < -0.39 is 6.17 Å². The van der Waals surface area contributed by atoms with Crippen LogP contribution in [0.4, 0.5) is 10.1 Å². The third-order valence-electron chi connectivity index (χ3n) is 4.39. The molecule has 0 aliphatic carbocycles. The Bertz CT molecular complexity index is 683. The Morgan fingerprint density at radius 3 is 2.71 bits per heavy atom. The number of rotatable bonds is 2. The summed E-state index contributed by atoms with van der Waals surface area (Å²) in [6.07, 6.45) is 1.81. The maximum atomic E-state index is 15.2. The highest BCUT2D eigenvalue weighted by atomic mass is 19.1. The smallest absolute Gasteiger partial charge is 0.156 e. The van der Waals surface area contributed by atoms with Crippen molar-refractivity contribution in [1.82, 2.24) is 0 Å². The Morgan fingerprint density at radius 2 is 1.81 bits per heavy atom. The maximum Gasteiger partial charge on any atom is 0.156 e. The minimum atomic E-state index is -1.14. The molecule has 2 nitrogen and oxygen atoms in total. The zero-order chi connectivity index (χ0) is 14.2. The molecule has 0 aromatic heterocycles. The second-order valence-corrected chi connectivity index (χ2v) is 5.71. The molecule has 0 radical (unpaired) electrons. The van der Waals surface area contributed by atoms with Gasteiger partial charge in [-0.1, -0.05) is 36.4 Å². The minimum Gasteiger partial charge on any atom is -0.493 e. The van der Waals surface area contributed by atoms with Crippen molar-refractivity contribution in [2.24, 2.45) is 0 Å². The van der Waals surface area contributed by atoms with Crippen LogP contribution in [0.2, 0.25) is 0 Å². The average molecular weight is 283 g/mol. The molecule has 0 bridgehead atoms. The van der Waals surface area contributed by atoms with E-state index in [1.54, 1.807) is 0 Å². The van der Waals surface area contributed by atoms with Crippen molar-refractivity contribution in [2.45, 2.75) is 25.4 Å². The molecule has 2 aromatic carbocycles. The lowest BCUT2D eigenvalue weighted by atomic mass is 9.94. The Morgan fingerprint density at radius 1 is 1.00 bits per heavy atom. The molecular formula is C18H18FNO. The van der Waals surface area contributed by atoms with E-state index in [1.807, 2.05) is 30.3 Å². The number of hydrogen-bond acceptors (Lipinski definition) is 2. The number of nitrogens with one attached hydrogen (secondary N) is 1. The SMILES string of the molecule is FC(c1cccc2c1NCC2)c1cccc2c1OCCC2. The summed E-state index contributed by atoms with van der Waals surface area (Å²) in [4.78, 5) is 0.